The predicted molar refractivity (Wildman–Crippen MR) is 83.7 cm³/mol. The summed E-state index contributed by atoms with van der Waals surface area (Å²) in [4.78, 5) is 2.37. The van der Waals surface area contributed by atoms with E-state index in [1.54, 1.807) is 0 Å². The second-order valence-electron chi connectivity index (χ2n) is 5.40. The van der Waals surface area contributed by atoms with Crippen molar-refractivity contribution < 1.29 is 4.74 Å². The highest BCUT2D eigenvalue weighted by Crippen LogP contribution is 2.24. The number of anilines is 1. The van der Waals surface area contributed by atoms with Crippen molar-refractivity contribution in [3.05, 3.63) is 28.2 Å². The highest BCUT2D eigenvalue weighted by molar-refractivity contribution is 9.10. The third-order valence-electron chi connectivity index (χ3n) is 3.28. The average molecular weight is 327 g/mol. The predicted octanol–water partition coefficient (Wildman–Crippen LogP) is 3.03. The molecule has 2 rings (SSSR count). The van der Waals surface area contributed by atoms with Gasteiger partial charge in [0.25, 0.3) is 0 Å². The fourth-order valence-corrected chi connectivity index (χ4v) is 2.70. The zero-order valence-electron chi connectivity index (χ0n) is 11.8. The third kappa shape index (κ3) is 4.48. The van der Waals surface area contributed by atoms with Crippen molar-refractivity contribution in [2.75, 3.05) is 37.7 Å². The van der Waals surface area contributed by atoms with E-state index in [4.69, 9.17) is 4.74 Å². The molecule has 0 aromatic heterocycles. The fraction of sp³-hybridized carbons (Fsp3) is 0.600. The van der Waals surface area contributed by atoms with Crippen molar-refractivity contribution in [1.29, 1.82) is 0 Å². The Labute approximate surface area is 124 Å². The molecule has 0 spiro atoms. The molecule has 1 aromatic carbocycles. The molecule has 1 heterocycles. The molecule has 0 unspecified atom stereocenters. The van der Waals surface area contributed by atoms with Gasteiger partial charge in [0.05, 0.1) is 13.2 Å². The molecule has 0 aliphatic carbocycles. The number of nitrogens with one attached hydrogen (secondary N) is 1. The van der Waals surface area contributed by atoms with Crippen LogP contribution in [0.3, 0.4) is 0 Å². The van der Waals surface area contributed by atoms with Gasteiger partial charge in [0.1, 0.15) is 0 Å². The van der Waals surface area contributed by atoms with Gasteiger partial charge in [0.15, 0.2) is 0 Å². The highest BCUT2D eigenvalue weighted by atomic mass is 79.9. The van der Waals surface area contributed by atoms with Crippen LogP contribution in [-0.2, 0) is 11.3 Å². The van der Waals surface area contributed by atoms with Gasteiger partial charge in [-0.25, -0.2) is 0 Å². The molecule has 1 aliphatic heterocycles. The summed E-state index contributed by atoms with van der Waals surface area (Å²) in [6, 6.07) is 6.64. The van der Waals surface area contributed by atoms with Gasteiger partial charge in [-0.2, -0.15) is 0 Å². The van der Waals surface area contributed by atoms with Crippen LogP contribution < -0.4 is 10.2 Å². The lowest BCUT2D eigenvalue weighted by atomic mass is 10.1. The van der Waals surface area contributed by atoms with Crippen LogP contribution in [-0.4, -0.2) is 32.8 Å². The van der Waals surface area contributed by atoms with Gasteiger partial charge < -0.3 is 15.0 Å². The first-order valence-electron chi connectivity index (χ1n) is 6.98. The normalized spacial score (nSPS) is 16.1. The lowest BCUT2D eigenvalue weighted by Gasteiger charge is -2.29. The Morgan fingerprint density at radius 3 is 2.68 bits per heavy atom. The minimum absolute atomic E-state index is 0.686. The van der Waals surface area contributed by atoms with E-state index in [0.717, 1.165) is 39.4 Å². The van der Waals surface area contributed by atoms with Gasteiger partial charge in [-0.05, 0) is 30.2 Å². The number of morpholine rings is 1. The zero-order valence-corrected chi connectivity index (χ0v) is 13.4. The molecule has 1 aliphatic rings. The van der Waals surface area contributed by atoms with E-state index < -0.39 is 0 Å². The van der Waals surface area contributed by atoms with E-state index in [1.807, 2.05) is 0 Å². The van der Waals surface area contributed by atoms with Crippen LogP contribution in [0.25, 0.3) is 0 Å². The van der Waals surface area contributed by atoms with Gasteiger partial charge in [-0.15, -0.1) is 0 Å². The van der Waals surface area contributed by atoms with E-state index >= 15 is 0 Å². The molecule has 0 amide bonds. The summed E-state index contributed by atoms with van der Waals surface area (Å²) in [5.41, 5.74) is 2.60. The Morgan fingerprint density at radius 2 is 2.05 bits per heavy atom. The van der Waals surface area contributed by atoms with Crippen molar-refractivity contribution in [1.82, 2.24) is 5.32 Å². The van der Waals surface area contributed by atoms with E-state index in [9.17, 15) is 0 Å². The van der Waals surface area contributed by atoms with Crippen LogP contribution in [0.4, 0.5) is 5.69 Å². The van der Waals surface area contributed by atoms with Gasteiger partial charge in [-0.1, -0.05) is 35.8 Å². The molecule has 1 aromatic rings. The van der Waals surface area contributed by atoms with Crippen LogP contribution >= 0.6 is 15.9 Å². The topological polar surface area (TPSA) is 24.5 Å². The van der Waals surface area contributed by atoms with Gasteiger partial charge in [0.2, 0.25) is 0 Å². The van der Waals surface area contributed by atoms with E-state index in [-0.39, 0.29) is 0 Å². The van der Waals surface area contributed by atoms with Crippen molar-refractivity contribution in [3.63, 3.8) is 0 Å². The molecule has 0 saturated carbocycles. The molecule has 1 fully saturated rings. The summed E-state index contributed by atoms with van der Waals surface area (Å²) in [7, 11) is 0. The lowest BCUT2D eigenvalue weighted by Crippen LogP contribution is -2.36. The van der Waals surface area contributed by atoms with Crippen molar-refractivity contribution in [3.8, 4) is 0 Å². The fourth-order valence-electron chi connectivity index (χ4n) is 2.19. The molecule has 4 heteroatoms. The van der Waals surface area contributed by atoms with Gasteiger partial charge in [-0.3, -0.25) is 0 Å². The van der Waals surface area contributed by atoms with Crippen LogP contribution in [0.1, 0.15) is 19.4 Å². The molecule has 1 saturated heterocycles. The highest BCUT2D eigenvalue weighted by Gasteiger charge is 2.12. The number of halogens is 1. The molecule has 0 atom stereocenters. The maximum atomic E-state index is 5.39. The Kier molecular flexibility index (Phi) is 5.67. The minimum Gasteiger partial charge on any atom is -0.378 e. The van der Waals surface area contributed by atoms with Crippen LogP contribution in [0.2, 0.25) is 0 Å². The summed E-state index contributed by atoms with van der Waals surface area (Å²) < 4.78 is 6.58. The SMILES string of the molecule is CC(C)CNCc1ccc(N2CCOCC2)cc1Br. The molecular formula is C15H23BrN2O. The van der Waals surface area contributed by atoms with Crippen LogP contribution in [0, 0.1) is 5.92 Å². The third-order valence-corrected chi connectivity index (χ3v) is 4.02. The monoisotopic (exact) mass is 326 g/mol. The van der Waals surface area contributed by atoms with Gasteiger partial charge in [0, 0.05) is 29.8 Å². The number of hydrogen-bond acceptors (Lipinski definition) is 3. The largest absolute Gasteiger partial charge is 0.378 e. The minimum atomic E-state index is 0.686. The summed E-state index contributed by atoms with van der Waals surface area (Å²) in [5.74, 6) is 0.686. The van der Waals surface area contributed by atoms with Crippen LogP contribution in [0.5, 0.6) is 0 Å². The van der Waals surface area contributed by atoms with E-state index in [0.29, 0.717) is 5.92 Å². The average Bonchev–Trinajstić information content (AvgIpc) is 2.41. The summed E-state index contributed by atoms with van der Waals surface area (Å²) in [6.07, 6.45) is 0. The summed E-state index contributed by atoms with van der Waals surface area (Å²) in [6.45, 7) is 10.0. The lowest BCUT2D eigenvalue weighted by molar-refractivity contribution is 0.122. The number of hydrogen-bond donors (Lipinski definition) is 1. The van der Waals surface area contributed by atoms with Crippen molar-refractivity contribution >= 4 is 21.6 Å². The zero-order chi connectivity index (χ0) is 13.7. The molecular weight excluding hydrogens is 304 g/mol. The standard InChI is InChI=1S/C15H23BrN2O/c1-12(2)10-17-11-13-3-4-14(9-15(13)16)18-5-7-19-8-6-18/h3-4,9,12,17H,5-8,10-11H2,1-2H3. The first-order valence-corrected chi connectivity index (χ1v) is 7.78. The maximum Gasteiger partial charge on any atom is 0.0642 e. The van der Waals surface area contributed by atoms with Crippen molar-refractivity contribution in [2.24, 2.45) is 5.92 Å². The second kappa shape index (κ2) is 7.27. The quantitative estimate of drug-likeness (QED) is 0.900. The van der Waals surface area contributed by atoms with Gasteiger partial charge >= 0.3 is 0 Å². The van der Waals surface area contributed by atoms with Crippen LogP contribution in [0.15, 0.2) is 22.7 Å². The molecule has 106 valence electrons. The Morgan fingerprint density at radius 1 is 1.32 bits per heavy atom. The Balaban J connectivity index is 1.96. The Bertz CT molecular complexity index is 403. The number of nitrogens with zero attached hydrogens (tertiary/aromatic N) is 1. The molecule has 0 radical (unpaired) electrons. The summed E-state index contributed by atoms with van der Waals surface area (Å²) >= 11 is 3.68. The Hall–Kier alpha value is -0.580. The molecule has 3 nitrogen and oxygen atoms in total. The molecule has 0 bridgehead atoms. The van der Waals surface area contributed by atoms with Crippen molar-refractivity contribution in [2.45, 2.75) is 20.4 Å². The summed E-state index contributed by atoms with van der Waals surface area (Å²) in [5, 5.41) is 3.48. The first kappa shape index (κ1) is 14.8. The second-order valence-corrected chi connectivity index (χ2v) is 6.25. The molecule has 1 N–H and O–H groups in total. The smallest absolute Gasteiger partial charge is 0.0642 e. The number of rotatable bonds is 5. The maximum absolute atomic E-state index is 5.39. The number of ether oxygens (including phenoxy) is 1. The van der Waals surface area contributed by atoms with E-state index in [2.05, 4.69) is 58.2 Å². The van der Waals surface area contributed by atoms with E-state index in [1.165, 1.54) is 15.7 Å². The first-order chi connectivity index (χ1) is 9.16. The number of benzene rings is 1. The molecule has 19 heavy (non-hydrogen) atoms.